The van der Waals surface area contributed by atoms with Gasteiger partial charge in [-0.15, -0.1) is 0 Å². The second-order valence-electron chi connectivity index (χ2n) is 5.35. The van der Waals surface area contributed by atoms with Crippen molar-refractivity contribution in [3.63, 3.8) is 0 Å². The smallest absolute Gasteiger partial charge is 0.157 e. The molecule has 0 spiro atoms. The Morgan fingerprint density at radius 1 is 1.32 bits per heavy atom. The van der Waals surface area contributed by atoms with Crippen molar-refractivity contribution in [2.24, 2.45) is 10.9 Å². The van der Waals surface area contributed by atoms with Crippen molar-refractivity contribution in [2.75, 3.05) is 12.4 Å². The van der Waals surface area contributed by atoms with Gasteiger partial charge in [0.1, 0.15) is 5.75 Å². The summed E-state index contributed by atoms with van der Waals surface area (Å²) >= 11 is 1.84. The van der Waals surface area contributed by atoms with Crippen molar-refractivity contribution < 1.29 is 4.74 Å². The quantitative estimate of drug-likeness (QED) is 0.855. The SMILES string of the molecule is CC1CSC(=NC2CCOc3ccccc32)NC1C. The van der Waals surface area contributed by atoms with Gasteiger partial charge in [0.15, 0.2) is 5.17 Å². The summed E-state index contributed by atoms with van der Waals surface area (Å²) in [5, 5.41) is 4.61. The third kappa shape index (κ3) is 2.73. The lowest BCUT2D eigenvalue weighted by molar-refractivity contribution is 0.269. The third-order valence-corrected chi connectivity index (χ3v) is 5.08. The first-order chi connectivity index (χ1) is 9.24. The zero-order valence-electron chi connectivity index (χ0n) is 11.4. The highest BCUT2D eigenvalue weighted by Gasteiger charge is 2.24. The number of para-hydroxylation sites is 1. The molecule has 2 heterocycles. The number of amidine groups is 1. The van der Waals surface area contributed by atoms with Gasteiger partial charge >= 0.3 is 0 Å². The molecule has 3 rings (SSSR count). The number of fused-ring (bicyclic) bond motifs is 1. The lowest BCUT2D eigenvalue weighted by Gasteiger charge is -2.30. The molecule has 3 atom stereocenters. The van der Waals surface area contributed by atoms with Crippen molar-refractivity contribution in [3.05, 3.63) is 29.8 Å². The summed E-state index contributed by atoms with van der Waals surface area (Å²) in [6.07, 6.45) is 0.965. The molecule has 1 saturated heterocycles. The molecule has 0 amide bonds. The Kier molecular flexibility index (Phi) is 3.69. The average Bonchev–Trinajstić information content (AvgIpc) is 2.43. The fraction of sp³-hybridized carbons (Fsp3) is 0.533. The van der Waals surface area contributed by atoms with Gasteiger partial charge in [0, 0.05) is 23.8 Å². The average molecular weight is 276 g/mol. The van der Waals surface area contributed by atoms with E-state index in [1.54, 1.807) is 0 Å². The van der Waals surface area contributed by atoms with Crippen LogP contribution >= 0.6 is 11.8 Å². The molecule has 0 bridgehead atoms. The minimum atomic E-state index is 0.237. The summed E-state index contributed by atoms with van der Waals surface area (Å²) in [7, 11) is 0. The molecule has 3 nitrogen and oxygen atoms in total. The largest absolute Gasteiger partial charge is 0.493 e. The van der Waals surface area contributed by atoms with Gasteiger partial charge in [0.2, 0.25) is 0 Å². The number of rotatable bonds is 1. The molecule has 19 heavy (non-hydrogen) atoms. The van der Waals surface area contributed by atoms with Gasteiger partial charge in [0.05, 0.1) is 12.6 Å². The maximum absolute atomic E-state index is 5.68. The van der Waals surface area contributed by atoms with E-state index >= 15 is 0 Å². The van der Waals surface area contributed by atoms with Crippen LogP contribution in [0.15, 0.2) is 29.3 Å². The van der Waals surface area contributed by atoms with Gasteiger partial charge < -0.3 is 10.1 Å². The zero-order chi connectivity index (χ0) is 13.2. The predicted octanol–water partition coefficient (Wildman–Crippen LogP) is 3.23. The number of nitrogens with zero attached hydrogens (tertiary/aromatic N) is 1. The summed E-state index contributed by atoms with van der Waals surface area (Å²) in [4.78, 5) is 4.91. The van der Waals surface area contributed by atoms with Crippen LogP contribution in [0.2, 0.25) is 0 Å². The van der Waals surface area contributed by atoms with Crippen LogP contribution in [0.1, 0.15) is 31.9 Å². The second kappa shape index (κ2) is 5.45. The van der Waals surface area contributed by atoms with Crippen LogP contribution in [0.3, 0.4) is 0 Å². The van der Waals surface area contributed by atoms with E-state index in [9.17, 15) is 0 Å². The molecule has 3 unspecified atom stereocenters. The molecular formula is C15H20N2OS. The van der Waals surface area contributed by atoms with E-state index in [0.717, 1.165) is 29.7 Å². The van der Waals surface area contributed by atoms with E-state index < -0.39 is 0 Å². The third-order valence-electron chi connectivity index (χ3n) is 3.89. The Morgan fingerprint density at radius 2 is 2.16 bits per heavy atom. The second-order valence-corrected chi connectivity index (χ2v) is 6.36. The maximum Gasteiger partial charge on any atom is 0.157 e. The monoisotopic (exact) mass is 276 g/mol. The number of hydrogen-bond donors (Lipinski definition) is 1. The van der Waals surface area contributed by atoms with Crippen LogP contribution in [0, 0.1) is 5.92 Å². The molecule has 2 aliphatic heterocycles. The topological polar surface area (TPSA) is 33.6 Å². The van der Waals surface area contributed by atoms with E-state index in [2.05, 4.69) is 31.3 Å². The Labute approximate surface area is 118 Å². The van der Waals surface area contributed by atoms with E-state index in [1.807, 2.05) is 23.9 Å². The number of ether oxygens (including phenoxy) is 1. The zero-order valence-corrected chi connectivity index (χ0v) is 12.2. The van der Waals surface area contributed by atoms with Gasteiger partial charge in [-0.25, -0.2) is 0 Å². The van der Waals surface area contributed by atoms with Gasteiger partial charge in [0.25, 0.3) is 0 Å². The summed E-state index contributed by atoms with van der Waals surface area (Å²) in [6.45, 7) is 5.28. The van der Waals surface area contributed by atoms with E-state index in [1.165, 1.54) is 5.56 Å². The molecule has 4 heteroatoms. The Balaban J connectivity index is 1.81. The fourth-order valence-electron chi connectivity index (χ4n) is 2.41. The number of hydrogen-bond acceptors (Lipinski definition) is 3. The normalized spacial score (nSPS) is 32.3. The summed E-state index contributed by atoms with van der Waals surface area (Å²) in [5.74, 6) is 2.84. The Hall–Kier alpha value is -1.16. The number of nitrogens with one attached hydrogen (secondary N) is 1. The molecule has 102 valence electrons. The lowest BCUT2D eigenvalue weighted by atomic mass is 10.0. The summed E-state index contributed by atoms with van der Waals surface area (Å²) in [6, 6.07) is 8.99. The molecule has 1 N–H and O–H groups in total. The molecule has 0 aromatic heterocycles. The van der Waals surface area contributed by atoms with Crippen LogP contribution in [0.25, 0.3) is 0 Å². The predicted molar refractivity (Wildman–Crippen MR) is 80.9 cm³/mol. The van der Waals surface area contributed by atoms with Crippen LogP contribution in [0.4, 0.5) is 0 Å². The standard InChI is InChI=1S/C15H20N2OS/c1-10-9-19-15(16-11(10)2)17-13-7-8-18-14-6-4-3-5-12(13)14/h3-6,10-11,13H,7-9H2,1-2H3,(H,16,17). The summed E-state index contributed by atoms with van der Waals surface area (Å²) < 4.78 is 5.68. The summed E-state index contributed by atoms with van der Waals surface area (Å²) in [5.41, 5.74) is 1.22. The van der Waals surface area contributed by atoms with Crippen LogP contribution in [-0.2, 0) is 0 Å². The molecule has 1 aromatic rings. The van der Waals surface area contributed by atoms with Gasteiger partial charge in [-0.2, -0.15) is 0 Å². The minimum absolute atomic E-state index is 0.237. The van der Waals surface area contributed by atoms with E-state index in [0.29, 0.717) is 12.0 Å². The maximum atomic E-state index is 5.68. The first-order valence-corrected chi connectivity index (χ1v) is 7.91. The number of thioether (sulfide) groups is 1. The molecule has 0 aliphatic carbocycles. The molecule has 0 saturated carbocycles. The Bertz CT molecular complexity index is 489. The lowest BCUT2D eigenvalue weighted by Crippen LogP contribution is -2.41. The van der Waals surface area contributed by atoms with Gasteiger partial charge in [-0.1, -0.05) is 36.9 Å². The molecule has 0 radical (unpaired) electrons. The van der Waals surface area contributed by atoms with Crippen molar-refractivity contribution in [3.8, 4) is 5.75 Å². The Morgan fingerprint density at radius 3 is 3.00 bits per heavy atom. The molecule has 1 fully saturated rings. The van der Waals surface area contributed by atoms with Crippen molar-refractivity contribution in [2.45, 2.75) is 32.4 Å². The first kappa shape index (κ1) is 12.9. The van der Waals surface area contributed by atoms with Crippen molar-refractivity contribution in [1.82, 2.24) is 5.32 Å². The number of aliphatic imine (C=N–C) groups is 1. The fourth-order valence-corrected chi connectivity index (χ4v) is 3.59. The molecular weight excluding hydrogens is 256 g/mol. The highest BCUT2D eigenvalue weighted by atomic mass is 32.2. The van der Waals surface area contributed by atoms with Crippen molar-refractivity contribution >= 4 is 16.9 Å². The highest BCUT2D eigenvalue weighted by Crippen LogP contribution is 2.35. The van der Waals surface area contributed by atoms with Crippen LogP contribution in [-0.4, -0.2) is 23.6 Å². The highest BCUT2D eigenvalue weighted by molar-refractivity contribution is 8.13. The van der Waals surface area contributed by atoms with Gasteiger partial charge in [-0.05, 0) is 18.9 Å². The minimum Gasteiger partial charge on any atom is -0.493 e. The van der Waals surface area contributed by atoms with E-state index in [4.69, 9.17) is 9.73 Å². The van der Waals surface area contributed by atoms with Crippen molar-refractivity contribution in [1.29, 1.82) is 0 Å². The molecule has 1 aromatic carbocycles. The number of benzene rings is 1. The van der Waals surface area contributed by atoms with Crippen LogP contribution in [0.5, 0.6) is 5.75 Å². The van der Waals surface area contributed by atoms with Gasteiger partial charge in [-0.3, -0.25) is 4.99 Å². The first-order valence-electron chi connectivity index (χ1n) is 6.93. The van der Waals surface area contributed by atoms with Crippen LogP contribution < -0.4 is 10.1 Å². The molecule has 2 aliphatic rings. The van der Waals surface area contributed by atoms with E-state index in [-0.39, 0.29) is 6.04 Å².